The molecule has 2 amide bonds. The molecule has 11 heteroatoms. The van der Waals surface area contributed by atoms with Gasteiger partial charge in [-0.1, -0.05) is 54.6 Å². The van der Waals surface area contributed by atoms with Crippen LogP contribution in [0.25, 0.3) is 0 Å². The molecule has 0 fully saturated rings. The highest BCUT2D eigenvalue weighted by Gasteiger charge is 2.21. The van der Waals surface area contributed by atoms with Gasteiger partial charge in [-0.15, -0.1) is 16.8 Å². The maximum Gasteiger partial charge on any atom is 0.338 e. The first-order chi connectivity index (χ1) is 17.8. The maximum absolute atomic E-state index is 12.7. The molecule has 0 saturated carbocycles. The number of nitrogens with zero attached hydrogens (tertiary/aromatic N) is 3. The van der Waals surface area contributed by atoms with Gasteiger partial charge in [-0.25, -0.2) is 4.79 Å². The lowest BCUT2D eigenvalue weighted by Crippen LogP contribution is -2.29. The first-order valence-electron chi connectivity index (χ1n) is 11.6. The van der Waals surface area contributed by atoms with Crippen LogP contribution in [0.3, 0.4) is 0 Å². The van der Waals surface area contributed by atoms with Crippen molar-refractivity contribution in [1.29, 1.82) is 0 Å². The minimum absolute atomic E-state index is 0.0557. The molecular formula is C26H28ClN5O4S. The van der Waals surface area contributed by atoms with E-state index in [1.807, 2.05) is 6.92 Å². The number of aromatic nitrogens is 3. The van der Waals surface area contributed by atoms with Crippen molar-refractivity contribution in [3.05, 3.63) is 83.2 Å². The van der Waals surface area contributed by atoms with Crippen LogP contribution in [0.2, 0.25) is 5.02 Å². The van der Waals surface area contributed by atoms with E-state index in [0.717, 1.165) is 6.42 Å². The van der Waals surface area contributed by atoms with E-state index in [1.54, 1.807) is 66.1 Å². The summed E-state index contributed by atoms with van der Waals surface area (Å²) in [7, 11) is 0. The van der Waals surface area contributed by atoms with E-state index in [-0.39, 0.29) is 17.6 Å². The topological polar surface area (TPSA) is 115 Å². The highest BCUT2D eigenvalue weighted by atomic mass is 35.5. The van der Waals surface area contributed by atoms with Crippen molar-refractivity contribution in [3.63, 3.8) is 0 Å². The number of carbonyl (C=O) groups excluding carboxylic acids is 3. The predicted octanol–water partition coefficient (Wildman–Crippen LogP) is 4.91. The molecule has 1 heterocycles. The second-order valence-corrected chi connectivity index (χ2v) is 9.32. The van der Waals surface area contributed by atoms with Crippen LogP contribution >= 0.6 is 23.4 Å². The van der Waals surface area contributed by atoms with Crippen LogP contribution in [0, 0.1) is 0 Å². The van der Waals surface area contributed by atoms with Crippen molar-refractivity contribution in [2.45, 2.75) is 38.0 Å². The molecule has 1 atom stereocenters. The molecule has 0 bridgehead atoms. The normalized spacial score (nSPS) is 11.4. The summed E-state index contributed by atoms with van der Waals surface area (Å²) in [4.78, 5) is 37.3. The van der Waals surface area contributed by atoms with E-state index in [0.29, 0.717) is 46.0 Å². The minimum Gasteiger partial charge on any atom is -0.462 e. The third kappa shape index (κ3) is 7.68. The first-order valence-corrected chi connectivity index (χ1v) is 13.0. The number of hydrogen-bond acceptors (Lipinski definition) is 7. The number of anilines is 1. The zero-order valence-corrected chi connectivity index (χ0v) is 22.1. The third-order valence-corrected chi connectivity index (χ3v) is 6.36. The van der Waals surface area contributed by atoms with Gasteiger partial charge in [0.25, 0.3) is 5.91 Å². The Morgan fingerprint density at radius 1 is 1.19 bits per heavy atom. The molecule has 9 nitrogen and oxygen atoms in total. The lowest BCUT2D eigenvalue weighted by atomic mass is 10.2. The largest absolute Gasteiger partial charge is 0.462 e. The SMILES string of the molecule is C=CCn1c(SCC(=O)Nc2cccc(C(=O)OCCC)c2)nnc1[C@@H](C)NC(=O)c1ccccc1Cl. The van der Waals surface area contributed by atoms with Crippen molar-refractivity contribution in [2.24, 2.45) is 0 Å². The predicted molar refractivity (Wildman–Crippen MR) is 144 cm³/mol. The fourth-order valence-electron chi connectivity index (χ4n) is 3.34. The summed E-state index contributed by atoms with van der Waals surface area (Å²) < 4.78 is 6.93. The Kier molecular flexibility index (Phi) is 10.3. The number of halogens is 1. The number of nitrogens with one attached hydrogen (secondary N) is 2. The standard InChI is InChI=1S/C26H28ClN5O4S/c1-4-13-32-23(17(3)28-24(34)20-11-6-7-12-21(20)27)30-31-26(32)37-16-22(33)29-19-10-8-9-18(15-19)25(35)36-14-5-2/h4,6-12,15,17H,1,5,13-14,16H2,2-3H3,(H,28,34)(H,29,33)/t17-/m1/s1. The highest BCUT2D eigenvalue weighted by Crippen LogP contribution is 2.22. The molecular weight excluding hydrogens is 514 g/mol. The molecule has 0 saturated heterocycles. The van der Waals surface area contributed by atoms with Crippen molar-refractivity contribution in [1.82, 2.24) is 20.1 Å². The first kappa shape index (κ1) is 27.9. The van der Waals surface area contributed by atoms with E-state index in [1.165, 1.54) is 11.8 Å². The molecule has 0 aliphatic carbocycles. The Balaban J connectivity index is 1.64. The average molecular weight is 542 g/mol. The Morgan fingerprint density at radius 3 is 2.70 bits per heavy atom. The number of ether oxygens (including phenoxy) is 1. The fourth-order valence-corrected chi connectivity index (χ4v) is 4.32. The second kappa shape index (κ2) is 13.6. The zero-order valence-electron chi connectivity index (χ0n) is 20.6. The molecule has 37 heavy (non-hydrogen) atoms. The molecule has 1 aromatic heterocycles. The molecule has 2 N–H and O–H groups in total. The van der Waals surface area contributed by atoms with Gasteiger partial charge < -0.3 is 19.9 Å². The lowest BCUT2D eigenvalue weighted by Gasteiger charge is -2.15. The Morgan fingerprint density at radius 2 is 1.97 bits per heavy atom. The van der Waals surface area contributed by atoms with Crippen LogP contribution in [-0.4, -0.2) is 44.9 Å². The van der Waals surface area contributed by atoms with Crippen molar-refractivity contribution in [2.75, 3.05) is 17.7 Å². The molecule has 0 radical (unpaired) electrons. The molecule has 3 rings (SSSR count). The molecule has 0 unspecified atom stereocenters. The summed E-state index contributed by atoms with van der Waals surface area (Å²) >= 11 is 7.33. The molecule has 0 spiro atoms. The van der Waals surface area contributed by atoms with E-state index < -0.39 is 12.0 Å². The van der Waals surface area contributed by atoms with Gasteiger partial charge in [0.1, 0.15) is 0 Å². The molecule has 3 aromatic rings. The zero-order chi connectivity index (χ0) is 26.8. The average Bonchev–Trinajstić information content (AvgIpc) is 3.29. The molecule has 0 aliphatic heterocycles. The van der Waals surface area contributed by atoms with Gasteiger partial charge in [-0.3, -0.25) is 9.59 Å². The number of carbonyl (C=O) groups is 3. The smallest absolute Gasteiger partial charge is 0.338 e. The Hall–Kier alpha value is -3.63. The lowest BCUT2D eigenvalue weighted by molar-refractivity contribution is -0.113. The fraction of sp³-hybridized carbons (Fsp3) is 0.269. The van der Waals surface area contributed by atoms with Gasteiger partial charge in [0, 0.05) is 12.2 Å². The van der Waals surface area contributed by atoms with Crippen molar-refractivity contribution >= 4 is 46.8 Å². The molecule has 0 aliphatic rings. The van der Waals surface area contributed by atoms with E-state index in [9.17, 15) is 14.4 Å². The van der Waals surface area contributed by atoms with Crippen LogP contribution in [-0.2, 0) is 16.1 Å². The van der Waals surface area contributed by atoms with Gasteiger partial charge >= 0.3 is 5.97 Å². The van der Waals surface area contributed by atoms with Crippen LogP contribution in [0.5, 0.6) is 0 Å². The number of rotatable bonds is 12. The highest BCUT2D eigenvalue weighted by molar-refractivity contribution is 7.99. The maximum atomic E-state index is 12.7. The number of thioether (sulfide) groups is 1. The molecule has 2 aromatic carbocycles. The van der Waals surface area contributed by atoms with Crippen LogP contribution < -0.4 is 10.6 Å². The number of benzene rings is 2. The number of hydrogen-bond donors (Lipinski definition) is 2. The van der Waals surface area contributed by atoms with Gasteiger partial charge in [0.15, 0.2) is 11.0 Å². The summed E-state index contributed by atoms with van der Waals surface area (Å²) in [5.41, 5.74) is 1.21. The van der Waals surface area contributed by atoms with Gasteiger partial charge in [-0.05, 0) is 43.7 Å². The quantitative estimate of drug-likeness (QED) is 0.190. The number of esters is 1. The monoisotopic (exact) mass is 541 g/mol. The summed E-state index contributed by atoms with van der Waals surface area (Å²) in [6.45, 7) is 8.21. The Bertz CT molecular complexity index is 1280. The summed E-state index contributed by atoms with van der Waals surface area (Å²) in [6.07, 6.45) is 2.41. The minimum atomic E-state index is -0.477. The second-order valence-electron chi connectivity index (χ2n) is 7.97. The molecule has 194 valence electrons. The summed E-state index contributed by atoms with van der Waals surface area (Å²) in [5.74, 6) is -0.478. The van der Waals surface area contributed by atoms with Crippen LogP contribution in [0.15, 0.2) is 66.3 Å². The van der Waals surface area contributed by atoms with Gasteiger partial charge in [0.2, 0.25) is 5.91 Å². The van der Waals surface area contributed by atoms with Crippen LogP contribution in [0.1, 0.15) is 52.9 Å². The van der Waals surface area contributed by atoms with E-state index in [2.05, 4.69) is 27.4 Å². The van der Waals surface area contributed by atoms with E-state index >= 15 is 0 Å². The number of allylic oxidation sites excluding steroid dienone is 1. The summed E-state index contributed by atoms with van der Waals surface area (Å²) in [5, 5.41) is 15.0. The van der Waals surface area contributed by atoms with Gasteiger partial charge in [-0.2, -0.15) is 0 Å². The van der Waals surface area contributed by atoms with Crippen molar-refractivity contribution < 1.29 is 19.1 Å². The number of amides is 2. The third-order valence-electron chi connectivity index (χ3n) is 5.06. The Labute approximate surface area is 224 Å². The summed E-state index contributed by atoms with van der Waals surface area (Å²) in [6, 6.07) is 12.9. The van der Waals surface area contributed by atoms with Gasteiger partial charge in [0.05, 0.1) is 34.6 Å². The van der Waals surface area contributed by atoms with Crippen molar-refractivity contribution in [3.8, 4) is 0 Å². The van der Waals surface area contributed by atoms with Crippen LogP contribution in [0.4, 0.5) is 5.69 Å². The van der Waals surface area contributed by atoms with E-state index in [4.69, 9.17) is 16.3 Å².